The van der Waals surface area contributed by atoms with Gasteiger partial charge >= 0.3 is 11.9 Å². The number of ether oxygens (including phenoxy) is 6. The molecular weight excluding hydrogens is 913 g/mol. The first-order chi connectivity index (χ1) is 34.5. The highest BCUT2D eigenvalue weighted by Gasteiger charge is 2.47. The Kier molecular flexibility index (Phi) is 38.5. The monoisotopic (exact) mass is 1010 g/mol. The second-order valence-corrected chi connectivity index (χ2v) is 19.0. The lowest BCUT2D eigenvalue weighted by Gasteiger charge is -2.42. The summed E-state index contributed by atoms with van der Waals surface area (Å²) in [5.74, 6) is -0.990. The van der Waals surface area contributed by atoms with Crippen LogP contribution in [0.4, 0.5) is 0 Å². The summed E-state index contributed by atoms with van der Waals surface area (Å²) in [6.07, 6.45) is 32.5. The van der Waals surface area contributed by atoms with Crippen LogP contribution in [0.5, 0.6) is 0 Å². The number of carbonyl (C=O) groups excluding carboxylic acids is 2. The van der Waals surface area contributed by atoms with Crippen LogP contribution in [0, 0.1) is 0 Å². The summed E-state index contributed by atoms with van der Waals surface area (Å²) < 4.78 is 33.6. The molecule has 2 heterocycles. The Morgan fingerprint density at radius 2 is 0.887 bits per heavy atom. The first-order valence-electron chi connectivity index (χ1n) is 27.4. The van der Waals surface area contributed by atoms with Gasteiger partial charge < -0.3 is 64.2 Å². The van der Waals surface area contributed by atoms with Crippen molar-refractivity contribution in [1.82, 2.24) is 0 Å². The third-order valence-electron chi connectivity index (χ3n) is 12.8. The average Bonchev–Trinajstić information content (AvgIpc) is 3.36. The summed E-state index contributed by atoms with van der Waals surface area (Å²) in [5.41, 5.74) is 0. The summed E-state index contributed by atoms with van der Waals surface area (Å²) in [5, 5.41) is 72.2. The van der Waals surface area contributed by atoms with Crippen molar-refractivity contribution >= 4 is 11.9 Å². The zero-order valence-electron chi connectivity index (χ0n) is 43.4. The largest absolute Gasteiger partial charge is 0.462 e. The Morgan fingerprint density at radius 1 is 0.465 bits per heavy atom. The highest BCUT2D eigenvalue weighted by Crippen LogP contribution is 2.26. The quantitative estimate of drug-likeness (QED) is 0.0173. The Labute approximate surface area is 426 Å². The molecule has 2 rings (SSSR count). The van der Waals surface area contributed by atoms with Crippen molar-refractivity contribution in [1.29, 1.82) is 0 Å². The lowest BCUT2D eigenvalue weighted by molar-refractivity contribution is -0.332. The Bertz CT molecular complexity index is 1470. The van der Waals surface area contributed by atoms with Crippen molar-refractivity contribution in [3.05, 3.63) is 60.8 Å². The van der Waals surface area contributed by atoms with E-state index in [1.165, 1.54) is 89.9 Å². The van der Waals surface area contributed by atoms with E-state index in [2.05, 4.69) is 62.5 Å². The summed E-state index contributed by atoms with van der Waals surface area (Å²) in [7, 11) is 0. The summed E-state index contributed by atoms with van der Waals surface area (Å²) >= 11 is 0. The minimum absolute atomic E-state index is 0.0862. The standard InChI is InChI=1S/C56H96O15/c1-3-5-7-9-11-13-15-17-19-21-23-24-26-28-30-32-34-36-38-47(58)66-41-44(69-48(59)39-37-35-33-31-29-27-25-22-20-18-16-14-12-10-8-6-4-2)42-67-55-54(65)52(63)50(61)46(71-55)43-68-56-53(64)51(62)49(60)45(40-57)70-56/h6,8,12,14,18,20,25,27,31,33,44-46,49-57,60-65H,3-5,7,9-11,13,15-17,19,21-24,26,28-30,32,34-43H2,1-2H3/b8-6-,14-12-,20-18-,27-25-,33-31-. The molecule has 11 unspecified atom stereocenters. The minimum atomic E-state index is -1.78. The fourth-order valence-corrected chi connectivity index (χ4v) is 8.31. The second-order valence-electron chi connectivity index (χ2n) is 19.0. The van der Waals surface area contributed by atoms with E-state index in [1.807, 2.05) is 12.2 Å². The zero-order valence-corrected chi connectivity index (χ0v) is 43.4. The molecule has 2 saturated heterocycles. The fourth-order valence-electron chi connectivity index (χ4n) is 8.31. The normalized spacial score (nSPS) is 25.6. The van der Waals surface area contributed by atoms with Crippen LogP contribution >= 0.6 is 0 Å². The van der Waals surface area contributed by atoms with Crippen LogP contribution in [0.2, 0.25) is 0 Å². The molecule has 0 aliphatic carbocycles. The summed E-state index contributed by atoms with van der Waals surface area (Å²) in [6, 6.07) is 0. The maximum Gasteiger partial charge on any atom is 0.306 e. The van der Waals surface area contributed by atoms with Crippen molar-refractivity contribution in [2.45, 2.75) is 255 Å². The first kappa shape index (κ1) is 64.3. The zero-order chi connectivity index (χ0) is 51.7. The van der Waals surface area contributed by atoms with Crippen molar-refractivity contribution < 1.29 is 73.8 Å². The number of carbonyl (C=O) groups is 2. The van der Waals surface area contributed by atoms with E-state index in [1.54, 1.807) is 0 Å². The van der Waals surface area contributed by atoms with Gasteiger partial charge in [-0.1, -0.05) is 184 Å². The van der Waals surface area contributed by atoms with E-state index in [0.29, 0.717) is 19.3 Å². The number of hydrogen-bond acceptors (Lipinski definition) is 15. The Morgan fingerprint density at radius 3 is 1.38 bits per heavy atom. The van der Waals surface area contributed by atoms with Crippen LogP contribution in [0.1, 0.15) is 187 Å². The molecular formula is C56H96O15. The van der Waals surface area contributed by atoms with E-state index in [4.69, 9.17) is 28.4 Å². The van der Waals surface area contributed by atoms with E-state index in [-0.39, 0.29) is 19.4 Å². The summed E-state index contributed by atoms with van der Waals surface area (Å²) in [6.45, 7) is 2.43. The molecule has 15 heteroatoms. The fraction of sp³-hybridized carbons (Fsp3) is 0.786. The van der Waals surface area contributed by atoms with Gasteiger partial charge in [-0.25, -0.2) is 0 Å². The second kappa shape index (κ2) is 42.5. The predicted octanol–water partition coefficient (Wildman–Crippen LogP) is 8.44. The molecule has 2 aliphatic rings. The van der Waals surface area contributed by atoms with Crippen LogP contribution in [0.15, 0.2) is 60.8 Å². The molecule has 71 heavy (non-hydrogen) atoms. The third kappa shape index (κ3) is 30.2. The van der Waals surface area contributed by atoms with Gasteiger partial charge in [0.1, 0.15) is 55.4 Å². The number of allylic oxidation sites excluding steroid dienone is 10. The first-order valence-corrected chi connectivity index (χ1v) is 27.4. The molecule has 410 valence electrons. The molecule has 7 N–H and O–H groups in total. The average molecular weight is 1010 g/mol. The lowest BCUT2D eigenvalue weighted by Crippen LogP contribution is -2.61. The number of rotatable bonds is 42. The molecule has 11 atom stereocenters. The summed E-state index contributed by atoms with van der Waals surface area (Å²) in [4.78, 5) is 25.8. The number of aliphatic hydroxyl groups is 7. The van der Waals surface area contributed by atoms with Gasteiger partial charge in [-0.3, -0.25) is 9.59 Å². The van der Waals surface area contributed by atoms with Gasteiger partial charge in [0.2, 0.25) is 0 Å². The molecule has 0 radical (unpaired) electrons. The van der Waals surface area contributed by atoms with Crippen LogP contribution in [0.25, 0.3) is 0 Å². The molecule has 0 aromatic carbocycles. The molecule has 2 aliphatic heterocycles. The Balaban J connectivity index is 1.80. The van der Waals surface area contributed by atoms with Gasteiger partial charge in [0.15, 0.2) is 18.7 Å². The van der Waals surface area contributed by atoms with Gasteiger partial charge in [0.25, 0.3) is 0 Å². The third-order valence-corrected chi connectivity index (χ3v) is 12.8. The lowest BCUT2D eigenvalue weighted by atomic mass is 9.98. The van der Waals surface area contributed by atoms with Crippen LogP contribution in [-0.4, -0.2) is 142 Å². The highest BCUT2D eigenvalue weighted by atomic mass is 16.7. The Hall–Kier alpha value is -2.80. The number of unbranched alkanes of at least 4 members (excludes halogenated alkanes) is 18. The topological polar surface area (TPSA) is 231 Å². The molecule has 0 spiro atoms. The van der Waals surface area contributed by atoms with Crippen LogP contribution in [-0.2, 0) is 38.0 Å². The van der Waals surface area contributed by atoms with E-state index < -0.39 is 99.3 Å². The van der Waals surface area contributed by atoms with Gasteiger partial charge in [0.05, 0.1) is 19.8 Å². The SMILES string of the molecule is CC/C=C\C/C=C\C/C=C\C/C=C\C/C=C\CCCC(=O)OC(COC(=O)CCCCCCCCCCCCCCCCCCCC)COC1OC(COC2OC(CO)C(O)C(O)C2O)C(O)C(O)C1O. The molecule has 0 amide bonds. The van der Waals surface area contributed by atoms with E-state index in [0.717, 1.165) is 51.4 Å². The van der Waals surface area contributed by atoms with Gasteiger partial charge in [-0.05, 0) is 51.4 Å². The molecule has 0 aromatic heterocycles. The maximum atomic E-state index is 13.0. The van der Waals surface area contributed by atoms with Crippen LogP contribution < -0.4 is 0 Å². The van der Waals surface area contributed by atoms with E-state index in [9.17, 15) is 45.3 Å². The van der Waals surface area contributed by atoms with Crippen molar-refractivity contribution in [3.8, 4) is 0 Å². The van der Waals surface area contributed by atoms with Crippen LogP contribution in [0.3, 0.4) is 0 Å². The van der Waals surface area contributed by atoms with Crippen molar-refractivity contribution in [2.75, 3.05) is 26.4 Å². The molecule has 2 fully saturated rings. The highest BCUT2D eigenvalue weighted by molar-refractivity contribution is 5.70. The van der Waals surface area contributed by atoms with Gasteiger partial charge in [0, 0.05) is 12.8 Å². The molecule has 0 aromatic rings. The molecule has 0 saturated carbocycles. The van der Waals surface area contributed by atoms with Crippen molar-refractivity contribution in [3.63, 3.8) is 0 Å². The van der Waals surface area contributed by atoms with Gasteiger partial charge in [-0.15, -0.1) is 0 Å². The van der Waals surface area contributed by atoms with Crippen molar-refractivity contribution in [2.24, 2.45) is 0 Å². The number of aliphatic hydroxyl groups excluding tert-OH is 7. The minimum Gasteiger partial charge on any atom is -0.462 e. The molecule has 0 bridgehead atoms. The van der Waals surface area contributed by atoms with E-state index >= 15 is 0 Å². The number of hydrogen-bond donors (Lipinski definition) is 7. The number of esters is 2. The van der Waals surface area contributed by atoms with Gasteiger partial charge in [-0.2, -0.15) is 0 Å². The molecule has 15 nitrogen and oxygen atoms in total. The smallest absolute Gasteiger partial charge is 0.306 e. The predicted molar refractivity (Wildman–Crippen MR) is 275 cm³/mol. The maximum absolute atomic E-state index is 13.0.